The lowest BCUT2D eigenvalue weighted by molar-refractivity contribution is -0.114. The molecular formula is C23H31IN4O3. The molecule has 0 bridgehead atoms. The molecule has 1 aliphatic heterocycles. The fourth-order valence-electron chi connectivity index (χ4n) is 3.37. The summed E-state index contributed by atoms with van der Waals surface area (Å²) in [6.07, 6.45) is 1.90. The third-order valence-corrected chi connectivity index (χ3v) is 4.80. The van der Waals surface area contributed by atoms with Crippen molar-refractivity contribution in [2.24, 2.45) is 4.99 Å². The van der Waals surface area contributed by atoms with E-state index in [1.807, 2.05) is 25.1 Å². The van der Waals surface area contributed by atoms with Crippen LogP contribution in [0.2, 0.25) is 0 Å². The van der Waals surface area contributed by atoms with E-state index in [2.05, 4.69) is 39.1 Å². The number of carbonyl (C=O) groups excluding carboxylic acids is 1. The van der Waals surface area contributed by atoms with Gasteiger partial charge in [-0.1, -0.05) is 18.2 Å². The van der Waals surface area contributed by atoms with Crippen molar-refractivity contribution in [1.29, 1.82) is 0 Å². The number of nitrogens with zero attached hydrogens (tertiary/aromatic N) is 1. The van der Waals surface area contributed by atoms with E-state index in [0.717, 1.165) is 49.8 Å². The van der Waals surface area contributed by atoms with Crippen molar-refractivity contribution >= 4 is 41.5 Å². The summed E-state index contributed by atoms with van der Waals surface area (Å²) in [5.74, 6) is 2.27. The van der Waals surface area contributed by atoms with Gasteiger partial charge in [-0.05, 0) is 48.2 Å². The number of halogens is 1. The van der Waals surface area contributed by atoms with Crippen LogP contribution in [0.15, 0.2) is 41.4 Å². The number of guanidine groups is 1. The number of fused-ring (bicyclic) bond motifs is 1. The first kappa shape index (κ1) is 24.8. The van der Waals surface area contributed by atoms with Gasteiger partial charge in [-0.2, -0.15) is 0 Å². The Balaban J connectivity index is 0.00000341. The maximum atomic E-state index is 11.4. The van der Waals surface area contributed by atoms with Gasteiger partial charge in [0.05, 0.1) is 25.9 Å². The normalized spacial score (nSPS) is 12.3. The van der Waals surface area contributed by atoms with Gasteiger partial charge in [0, 0.05) is 26.4 Å². The zero-order chi connectivity index (χ0) is 21.3. The standard InChI is InChI=1S/C23H30N4O3.HI/c1-4-24-23(25-11-9-17-5-7-21-19(13-17)10-12-30-21)26-15-18-6-8-22(29-3)20(14-18)27-16(2)28;/h5-8,13-14H,4,9-12,15H2,1-3H3,(H,27,28)(H2,24,25,26);1H. The molecule has 1 heterocycles. The van der Waals surface area contributed by atoms with E-state index in [-0.39, 0.29) is 29.9 Å². The predicted molar refractivity (Wildman–Crippen MR) is 135 cm³/mol. The summed E-state index contributed by atoms with van der Waals surface area (Å²) in [6, 6.07) is 12.1. The molecule has 0 aromatic heterocycles. The molecule has 31 heavy (non-hydrogen) atoms. The van der Waals surface area contributed by atoms with E-state index in [1.54, 1.807) is 7.11 Å². The van der Waals surface area contributed by atoms with Crippen LogP contribution in [0.4, 0.5) is 5.69 Å². The zero-order valence-corrected chi connectivity index (χ0v) is 20.6. The Bertz CT molecular complexity index is 918. The van der Waals surface area contributed by atoms with Crippen LogP contribution in [0.1, 0.15) is 30.5 Å². The molecule has 3 N–H and O–H groups in total. The predicted octanol–water partition coefficient (Wildman–Crippen LogP) is 3.50. The lowest BCUT2D eigenvalue weighted by Crippen LogP contribution is -2.38. The summed E-state index contributed by atoms with van der Waals surface area (Å²) in [6.45, 7) is 6.35. The van der Waals surface area contributed by atoms with E-state index >= 15 is 0 Å². The third kappa shape index (κ3) is 7.30. The van der Waals surface area contributed by atoms with E-state index in [0.29, 0.717) is 18.0 Å². The molecule has 0 saturated carbocycles. The molecule has 0 spiro atoms. The fraction of sp³-hybridized carbons (Fsp3) is 0.391. The maximum absolute atomic E-state index is 11.4. The highest BCUT2D eigenvalue weighted by molar-refractivity contribution is 14.0. The summed E-state index contributed by atoms with van der Waals surface area (Å²) in [5, 5.41) is 9.46. The number of amides is 1. The number of rotatable bonds is 8. The number of nitrogens with one attached hydrogen (secondary N) is 3. The number of methoxy groups -OCH3 is 1. The topological polar surface area (TPSA) is 84.0 Å². The highest BCUT2D eigenvalue weighted by Gasteiger charge is 2.12. The molecule has 0 unspecified atom stereocenters. The number of ether oxygens (including phenoxy) is 2. The van der Waals surface area contributed by atoms with Gasteiger partial charge in [0.25, 0.3) is 0 Å². The molecule has 0 radical (unpaired) electrons. The van der Waals surface area contributed by atoms with Crippen LogP contribution in [0.3, 0.4) is 0 Å². The highest BCUT2D eigenvalue weighted by atomic mass is 127. The SMILES string of the molecule is CCNC(=NCc1ccc(OC)c(NC(C)=O)c1)NCCc1ccc2c(c1)CCO2.I. The summed E-state index contributed by atoms with van der Waals surface area (Å²) in [5.41, 5.74) is 4.21. The highest BCUT2D eigenvalue weighted by Crippen LogP contribution is 2.26. The second-order valence-corrected chi connectivity index (χ2v) is 7.13. The van der Waals surface area contributed by atoms with Gasteiger partial charge in [0.15, 0.2) is 5.96 Å². The second kappa shape index (κ2) is 12.4. The molecule has 168 valence electrons. The maximum Gasteiger partial charge on any atom is 0.221 e. The Hall–Kier alpha value is -2.49. The number of anilines is 1. The summed E-state index contributed by atoms with van der Waals surface area (Å²) in [4.78, 5) is 16.1. The van der Waals surface area contributed by atoms with Crippen molar-refractivity contribution in [2.45, 2.75) is 33.2 Å². The Morgan fingerprint density at radius 1 is 1.16 bits per heavy atom. The summed E-state index contributed by atoms with van der Waals surface area (Å²) < 4.78 is 10.9. The van der Waals surface area contributed by atoms with Crippen LogP contribution in [-0.2, 0) is 24.2 Å². The monoisotopic (exact) mass is 538 g/mol. The van der Waals surface area contributed by atoms with Crippen molar-refractivity contribution < 1.29 is 14.3 Å². The van der Waals surface area contributed by atoms with E-state index in [1.165, 1.54) is 18.1 Å². The molecule has 8 heteroatoms. The largest absolute Gasteiger partial charge is 0.495 e. The van der Waals surface area contributed by atoms with Gasteiger partial charge in [-0.25, -0.2) is 4.99 Å². The summed E-state index contributed by atoms with van der Waals surface area (Å²) >= 11 is 0. The van der Waals surface area contributed by atoms with Gasteiger partial charge in [-0.15, -0.1) is 24.0 Å². The minimum Gasteiger partial charge on any atom is -0.495 e. The Labute approximate surface area is 201 Å². The molecule has 3 rings (SSSR count). The van der Waals surface area contributed by atoms with Crippen molar-refractivity contribution in [2.75, 3.05) is 32.1 Å². The number of benzene rings is 2. The molecule has 0 atom stereocenters. The van der Waals surface area contributed by atoms with Crippen LogP contribution in [-0.4, -0.2) is 38.7 Å². The van der Waals surface area contributed by atoms with E-state index in [9.17, 15) is 4.79 Å². The Morgan fingerprint density at radius 2 is 1.97 bits per heavy atom. The van der Waals surface area contributed by atoms with Crippen LogP contribution < -0.4 is 25.4 Å². The van der Waals surface area contributed by atoms with Crippen molar-refractivity contribution in [3.8, 4) is 11.5 Å². The minimum atomic E-state index is -0.137. The van der Waals surface area contributed by atoms with Crippen molar-refractivity contribution in [3.05, 3.63) is 53.1 Å². The zero-order valence-electron chi connectivity index (χ0n) is 18.3. The van der Waals surface area contributed by atoms with Crippen LogP contribution in [0, 0.1) is 0 Å². The first-order valence-electron chi connectivity index (χ1n) is 10.3. The first-order valence-corrected chi connectivity index (χ1v) is 10.3. The molecule has 0 saturated heterocycles. The van der Waals surface area contributed by atoms with Crippen molar-refractivity contribution in [3.63, 3.8) is 0 Å². The minimum absolute atomic E-state index is 0. The molecule has 2 aromatic rings. The second-order valence-electron chi connectivity index (χ2n) is 7.13. The van der Waals surface area contributed by atoms with Gasteiger partial charge in [0.1, 0.15) is 11.5 Å². The van der Waals surface area contributed by atoms with Crippen LogP contribution in [0.25, 0.3) is 0 Å². The van der Waals surface area contributed by atoms with Crippen LogP contribution in [0.5, 0.6) is 11.5 Å². The van der Waals surface area contributed by atoms with E-state index in [4.69, 9.17) is 9.47 Å². The molecule has 2 aromatic carbocycles. The smallest absolute Gasteiger partial charge is 0.221 e. The molecule has 0 aliphatic carbocycles. The fourth-order valence-corrected chi connectivity index (χ4v) is 3.37. The third-order valence-electron chi connectivity index (χ3n) is 4.80. The van der Waals surface area contributed by atoms with Crippen LogP contribution >= 0.6 is 24.0 Å². The average molecular weight is 538 g/mol. The molecule has 1 aliphatic rings. The Morgan fingerprint density at radius 3 is 2.71 bits per heavy atom. The number of hydrogen-bond donors (Lipinski definition) is 3. The lowest BCUT2D eigenvalue weighted by atomic mass is 10.1. The quantitative estimate of drug-likeness (QED) is 0.272. The Kier molecular flexibility index (Phi) is 9.90. The lowest BCUT2D eigenvalue weighted by Gasteiger charge is -2.13. The first-order chi connectivity index (χ1) is 14.6. The molecular weight excluding hydrogens is 507 g/mol. The van der Waals surface area contributed by atoms with E-state index < -0.39 is 0 Å². The van der Waals surface area contributed by atoms with Gasteiger partial charge >= 0.3 is 0 Å². The van der Waals surface area contributed by atoms with Gasteiger partial charge < -0.3 is 25.4 Å². The number of hydrogen-bond acceptors (Lipinski definition) is 4. The number of aliphatic imine (C=N–C) groups is 1. The average Bonchev–Trinajstić information content (AvgIpc) is 3.19. The van der Waals surface area contributed by atoms with Gasteiger partial charge in [-0.3, -0.25) is 4.79 Å². The van der Waals surface area contributed by atoms with Crippen molar-refractivity contribution in [1.82, 2.24) is 10.6 Å². The summed E-state index contributed by atoms with van der Waals surface area (Å²) in [7, 11) is 1.58. The molecule has 7 nitrogen and oxygen atoms in total. The van der Waals surface area contributed by atoms with Gasteiger partial charge in [0.2, 0.25) is 5.91 Å². The molecule has 1 amide bonds. The molecule has 0 fully saturated rings. The number of carbonyl (C=O) groups is 1.